The molecule has 0 amide bonds. The van der Waals surface area contributed by atoms with E-state index < -0.39 is 0 Å². The molecule has 1 N–H and O–H groups in total. The number of rotatable bonds is 7. The lowest BCUT2D eigenvalue weighted by atomic mass is 10.4. The third-order valence-corrected chi connectivity index (χ3v) is 2.95. The number of nitrogens with zero attached hydrogens (tertiary/aromatic N) is 2. The summed E-state index contributed by atoms with van der Waals surface area (Å²) in [6.45, 7) is 4.61. The van der Waals surface area contributed by atoms with Gasteiger partial charge in [-0.15, -0.1) is 0 Å². The van der Waals surface area contributed by atoms with Gasteiger partial charge in [0.1, 0.15) is 12.4 Å². The number of nitrogens with one attached hydrogen (secondary N) is 1. The van der Waals surface area contributed by atoms with Gasteiger partial charge in [-0.1, -0.05) is 6.07 Å². The summed E-state index contributed by atoms with van der Waals surface area (Å²) in [5.41, 5.74) is 0. The SMILES string of the molecule is CCNc1cccc(OCCN(C)C2CC2)n1. The molecular weight excluding hydrogens is 214 g/mol. The number of aromatic nitrogens is 1. The van der Waals surface area contributed by atoms with Crippen LogP contribution in [0, 0.1) is 0 Å². The van der Waals surface area contributed by atoms with Gasteiger partial charge >= 0.3 is 0 Å². The van der Waals surface area contributed by atoms with Gasteiger partial charge in [0.15, 0.2) is 0 Å². The average molecular weight is 235 g/mol. The normalized spacial score (nSPS) is 15.0. The Labute approximate surface area is 103 Å². The standard InChI is InChI=1S/C13H21N3O/c1-3-14-12-5-4-6-13(15-12)17-10-9-16(2)11-7-8-11/h4-6,11H,3,7-10H2,1-2H3,(H,14,15). The number of anilines is 1. The summed E-state index contributed by atoms with van der Waals surface area (Å²) in [6.07, 6.45) is 2.68. The fourth-order valence-electron chi connectivity index (χ4n) is 1.77. The molecule has 0 atom stereocenters. The van der Waals surface area contributed by atoms with Crippen molar-refractivity contribution in [1.82, 2.24) is 9.88 Å². The zero-order valence-corrected chi connectivity index (χ0v) is 10.6. The molecule has 1 heterocycles. The van der Waals surface area contributed by atoms with Crippen LogP contribution >= 0.6 is 0 Å². The van der Waals surface area contributed by atoms with Gasteiger partial charge in [-0.25, -0.2) is 0 Å². The third-order valence-electron chi connectivity index (χ3n) is 2.95. The van der Waals surface area contributed by atoms with E-state index in [-0.39, 0.29) is 0 Å². The Morgan fingerprint density at radius 2 is 2.29 bits per heavy atom. The van der Waals surface area contributed by atoms with Crippen LogP contribution in [0.4, 0.5) is 5.82 Å². The first-order valence-electron chi connectivity index (χ1n) is 6.33. The summed E-state index contributed by atoms with van der Waals surface area (Å²) in [7, 11) is 2.16. The minimum atomic E-state index is 0.702. The summed E-state index contributed by atoms with van der Waals surface area (Å²) in [5, 5.41) is 3.17. The van der Waals surface area contributed by atoms with E-state index in [0.29, 0.717) is 12.5 Å². The van der Waals surface area contributed by atoms with Gasteiger partial charge in [0.25, 0.3) is 0 Å². The maximum Gasteiger partial charge on any atom is 0.215 e. The van der Waals surface area contributed by atoms with Crippen molar-refractivity contribution in [2.45, 2.75) is 25.8 Å². The van der Waals surface area contributed by atoms with Crippen molar-refractivity contribution in [3.63, 3.8) is 0 Å². The van der Waals surface area contributed by atoms with E-state index in [0.717, 1.165) is 24.9 Å². The molecule has 4 nitrogen and oxygen atoms in total. The zero-order valence-electron chi connectivity index (χ0n) is 10.6. The number of hydrogen-bond donors (Lipinski definition) is 1. The van der Waals surface area contributed by atoms with Crippen molar-refractivity contribution in [1.29, 1.82) is 0 Å². The maximum atomic E-state index is 5.65. The number of pyridine rings is 1. The highest BCUT2D eigenvalue weighted by Gasteiger charge is 2.25. The Morgan fingerprint density at radius 1 is 1.47 bits per heavy atom. The molecule has 0 saturated heterocycles. The smallest absolute Gasteiger partial charge is 0.215 e. The van der Waals surface area contributed by atoms with Gasteiger partial charge in [0.05, 0.1) is 0 Å². The number of ether oxygens (including phenoxy) is 1. The number of hydrogen-bond acceptors (Lipinski definition) is 4. The van der Waals surface area contributed by atoms with Crippen LogP contribution < -0.4 is 10.1 Å². The second kappa shape index (κ2) is 5.87. The lowest BCUT2D eigenvalue weighted by Gasteiger charge is -2.15. The highest BCUT2D eigenvalue weighted by molar-refractivity contribution is 5.36. The minimum absolute atomic E-state index is 0.702. The third kappa shape index (κ3) is 3.89. The summed E-state index contributed by atoms with van der Waals surface area (Å²) in [6, 6.07) is 6.61. The Balaban J connectivity index is 1.75. The molecule has 1 aromatic heterocycles. The van der Waals surface area contributed by atoms with Crippen LogP contribution in [0.2, 0.25) is 0 Å². The molecule has 0 unspecified atom stereocenters. The van der Waals surface area contributed by atoms with Crippen LogP contribution in [-0.4, -0.2) is 42.7 Å². The molecule has 0 bridgehead atoms. The van der Waals surface area contributed by atoms with Gasteiger partial charge in [0.2, 0.25) is 5.88 Å². The molecule has 1 aliphatic rings. The van der Waals surface area contributed by atoms with E-state index in [1.54, 1.807) is 0 Å². The van der Waals surface area contributed by atoms with Crippen molar-refractivity contribution in [2.75, 3.05) is 32.1 Å². The summed E-state index contributed by atoms with van der Waals surface area (Å²) >= 11 is 0. The summed E-state index contributed by atoms with van der Waals surface area (Å²) in [4.78, 5) is 6.72. The first-order valence-corrected chi connectivity index (χ1v) is 6.33. The van der Waals surface area contributed by atoms with Crippen molar-refractivity contribution in [3.8, 4) is 5.88 Å². The molecule has 1 aliphatic carbocycles. The Kier molecular flexibility index (Phi) is 4.20. The first kappa shape index (κ1) is 12.2. The van der Waals surface area contributed by atoms with Crippen molar-refractivity contribution in [2.24, 2.45) is 0 Å². The lowest BCUT2D eigenvalue weighted by Crippen LogP contribution is -2.26. The van der Waals surface area contributed by atoms with Crippen LogP contribution in [0.25, 0.3) is 0 Å². The van der Waals surface area contributed by atoms with Crippen molar-refractivity contribution in [3.05, 3.63) is 18.2 Å². The quantitative estimate of drug-likeness (QED) is 0.784. The fourth-order valence-corrected chi connectivity index (χ4v) is 1.77. The topological polar surface area (TPSA) is 37.4 Å². The fraction of sp³-hybridized carbons (Fsp3) is 0.615. The van der Waals surface area contributed by atoms with Crippen LogP contribution in [-0.2, 0) is 0 Å². The molecule has 4 heteroatoms. The van der Waals surface area contributed by atoms with E-state index >= 15 is 0 Å². The van der Waals surface area contributed by atoms with Gasteiger partial charge in [0, 0.05) is 25.2 Å². The molecule has 0 aromatic carbocycles. The minimum Gasteiger partial charge on any atom is -0.476 e. The molecule has 0 aliphatic heterocycles. The highest BCUT2D eigenvalue weighted by Crippen LogP contribution is 2.24. The second-order valence-corrected chi connectivity index (χ2v) is 4.45. The van der Waals surface area contributed by atoms with E-state index in [1.807, 2.05) is 18.2 Å². The average Bonchev–Trinajstić information content (AvgIpc) is 3.14. The summed E-state index contributed by atoms with van der Waals surface area (Å²) < 4.78 is 5.65. The van der Waals surface area contributed by atoms with Gasteiger partial charge < -0.3 is 15.0 Å². The Bertz CT molecular complexity index is 352. The largest absolute Gasteiger partial charge is 0.476 e. The van der Waals surface area contributed by atoms with Crippen molar-refractivity contribution >= 4 is 5.82 Å². The first-order chi connectivity index (χ1) is 8.29. The molecule has 1 saturated carbocycles. The van der Waals surface area contributed by atoms with Crippen LogP contribution in [0.1, 0.15) is 19.8 Å². The van der Waals surface area contributed by atoms with Gasteiger partial charge in [-0.3, -0.25) is 0 Å². The Hall–Kier alpha value is -1.29. The molecule has 0 radical (unpaired) electrons. The molecule has 1 fully saturated rings. The van der Waals surface area contributed by atoms with Crippen molar-refractivity contribution < 1.29 is 4.74 Å². The highest BCUT2D eigenvalue weighted by atomic mass is 16.5. The molecule has 17 heavy (non-hydrogen) atoms. The van der Waals surface area contributed by atoms with Crippen LogP contribution in [0.5, 0.6) is 5.88 Å². The predicted octanol–water partition coefficient (Wildman–Crippen LogP) is 1.99. The van der Waals surface area contributed by atoms with Crippen LogP contribution in [0.15, 0.2) is 18.2 Å². The van der Waals surface area contributed by atoms with E-state index in [4.69, 9.17) is 4.74 Å². The van der Waals surface area contributed by atoms with Crippen LogP contribution in [0.3, 0.4) is 0 Å². The predicted molar refractivity (Wildman–Crippen MR) is 69.5 cm³/mol. The van der Waals surface area contributed by atoms with Gasteiger partial charge in [-0.2, -0.15) is 4.98 Å². The summed E-state index contributed by atoms with van der Waals surface area (Å²) in [5.74, 6) is 1.58. The molecule has 0 spiro atoms. The molecule has 1 aromatic rings. The number of likely N-dealkylation sites (N-methyl/N-ethyl adjacent to an activating group) is 1. The monoisotopic (exact) mass is 235 g/mol. The molecular formula is C13H21N3O. The second-order valence-electron chi connectivity index (χ2n) is 4.45. The zero-order chi connectivity index (χ0) is 12.1. The molecule has 2 rings (SSSR count). The van der Waals surface area contributed by atoms with Gasteiger partial charge in [-0.05, 0) is 32.9 Å². The molecule has 94 valence electrons. The maximum absolute atomic E-state index is 5.65. The Morgan fingerprint density at radius 3 is 3.00 bits per heavy atom. The van der Waals surface area contributed by atoms with E-state index in [2.05, 4.69) is 29.2 Å². The lowest BCUT2D eigenvalue weighted by molar-refractivity contribution is 0.226. The van der Waals surface area contributed by atoms with E-state index in [9.17, 15) is 0 Å². The van der Waals surface area contributed by atoms with E-state index in [1.165, 1.54) is 12.8 Å².